The summed E-state index contributed by atoms with van der Waals surface area (Å²) in [5.41, 5.74) is 5.71. The fraction of sp³-hybridized carbons (Fsp3) is 0.133. The fourth-order valence-corrected chi connectivity index (χ4v) is 2.16. The Hall–Kier alpha value is -2.29. The van der Waals surface area contributed by atoms with Crippen LogP contribution in [0.2, 0.25) is 0 Å². The van der Waals surface area contributed by atoms with Crippen LogP contribution in [0.5, 0.6) is 0 Å². The minimum atomic E-state index is 0.885. The number of anilines is 1. The van der Waals surface area contributed by atoms with Gasteiger partial charge >= 0.3 is 0 Å². The molecule has 0 aliphatic rings. The van der Waals surface area contributed by atoms with Gasteiger partial charge in [-0.1, -0.05) is 24.3 Å². The van der Waals surface area contributed by atoms with E-state index in [0.29, 0.717) is 0 Å². The summed E-state index contributed by atoms with van der Waals surface area (Å²) in [6.07, 6.45) is 1.83. The number of benzene rings is 1. The van der Waals surface area contributed by atoms with Crippen LogP contribution < -0.4 is 5.43 Å². The molecule has 1 aromatic carbocycles. The van der Waals surface area contributed by atoms with Gasteiger partial charge in [0.1, 0.15) is 0 Å². The van der Waals surface area contributed by atoms with Crippen molar-refractivity contribution in [1.82, 2.24) is 9.66 Å². The molecule has 0 aliphatic heterocycles. The minimum Gasteiger partial charge on any atom is -0.277 e. The molecule has 0 fully saturated rings. The first-order valence-electron chi connectivity index (χ1n) is 6.01. The van der Waals surface area contributed by atoms with Gasteiger partial charge in [0.2, 0.25) is 0 Å². The van der Waals surface area contributed by atoms with E-state index in [1.165, 1.54) is 16.8 Å². The molecule has 2 heterocycles. The van der Waals surface area contributed by atoms with E-state index in [0.717, 1.165) is 11.2 Å². The molecule has 3 nitrogen and oxygen atoms in total. The van der Waals surface area contributed by atoms with Crippen LogP contribution in [0.4, 0.5) is 5.82 Å². The van der Waals surface area contributed by atoms with Gasteiger partial charge in [-0.05, 0) is 37.4 Å². The maximum absolute atomic E-state index is 4.43. The van der Waals surface area contributed by atoms with Crippen molar-refractivity contribution in [2.75, 3.05) is 5.43 Å². The quantitative estimate of drug-likeness (QED) is 0.739. The second-order valence-corrected chi connectivity index (χ2v) is 4.44. The molecule has 0 unspecified atom stereocenters. The first kappa shape index (κ1) is 10.8. The Morgan fingerprint density at radius 2 is 1.67 bits per heavy atom. The smallest absolute Gasteiger partial charge is 0.152 e. The summed E-state index contributed by atoms with van der Waals surface area (Å²) in [6, 6.07) is 14.5. The minimum absolute atomic E-state index is 0.885. The first-order valence-corrected chi connectivity index (χ1v) is 6.01. The van der Waals surface area contributed by atoms with Crippen molar-refractivity contribution in [2.24, 2.45) is 0 Å². The van der Waals surface area contributed by atoms with Gasteiger partial charge in [0.15, 0.2) is 5.82 Å². The van der Waals surface area contributed by atoms with Crippen LogP contribution in [0.25, 0.3) is 10.8 Å². The number of aromatic nitrogens is 2. The van der Waals surface area contributed by atoms with Gasteiger partial charge < -0.3 is 0 Å². The highest BCUT2D eigenvalue weighted by Gasteiger charge is 2.05. The first-order chi connectivity index (χ1) is 8.75. The number of pyridine rings is 1. The predicted molar refractivity (Wildman–Crippen MR) is 74.7 cm³/mol. The molecule has 0 amide bonds. The Labute approximate surface area is 106 Å². The number of nitrogens with one attached hydrogen (secondary N) is 1. The molecule has 18 heavy (non-hydrogen) atoms. The maximum atomic E-state index is 4.43. The van der Waals surface area contributed by atoms with E-state index >= 15 is 0 Å². The van der Waals surface area contributed by atoms with E-state index in [2.05, 4.69) is 53.2 Å². The van der Waals surface area contributed by atoms with Crippen LogP contribution in [0, 0.1) is 13.8 Å². The lowest BCUT2D eigenvalue weighted by Crippen LogP contribution is -2.13. The van der Waals surface area contributed by atoms with Crippen LogP contribution in [0.3, 0.4) is 0 Å². The van der Waals surface area contributed by atoms with Crippen molar-refractivity contribution in [3.63, 3.8) is 0 Å². The highest BCUT2D eigenvalue weighted by molar-refractivity contribution is 5.91. The summed E-state index contributed by atoms with van der Waals surface area (Å²) in [5, 5.41) is 2.32. The lowest BCUT2D eigenvalue weighted by Gasteiger charge is -2.13. The molecule has 2 aromatic heterocycles. The molecule has 3 aromatic rings. The van der Waals surface area contributed by atoms with Crippen molar-refractivity contribution < 1.29 is 0 Å². The van der Waals surface area contributed by atoms with Gasteiger partial charge in [-0.15, -0.1) is 0 Å². The highest BCUT2D eigenvalue weighted by Crippen LogP contribution is 2.21. The molecule has 90 valence electrons. The lowest BCUT2D eigenvalue weighted by atomic mass is 10.2. The second-order valence-electron chi connectivity index (χ2n) is 4.44. The Balaban J connectivity index is 2.11. The summed E-state index contributed by atoms with van der Waals surface area (Å²) in [7, 11) is 0. The summed E-state index contributed by atoms with van der Waals surface area (Å²) in [4.78, 5) is 4.43. The fourth-order valence-electron chi connectivity index (χ4n) is 2.16. The van der Waals surface area contributed by atoms with E-state index in [-0.39, 0.29) is 0 Å². The Morgan fingerprint density at radius 1 is 0.944 bits per heavy atom. The zero-order chi connectivity index (χ0) is 12.5. The third-order valence-corrected chi connectivity index (χ3v) is 3.16. The monoisotopic (exact) mass is 237 g/mol. The van der Waals surface area contributed by atoms with Crippen molar-refractivity contribution in [3.8, 4) is 0 Å². The van der Waals surface area contributed by atoms with Crippen LogP contribution >= 0.6 is 0 Å². The molecular formula is C15H15N3. The Kier molecular flexibility index (Phi) is 2.52. The van der Waals surface area contributed by atoms with Crippen molar-refractivity contribution >= 4 is 16.6 Å². The molecule has 0 spiro atoms. The van der Waals surface area contributed by atoms with Gasteiger partial charge in [0.05, 0.1) is 0 Å². The maximum Gasteiger partial charge on any atom is 0.152 e. The van der Waals surface area contributed by atoms with E-state index in [4.69, 9.17) is 0 Å². The number of hydrogen-bond acceptors (Lipinski definition) is 2. The number of aryl methyl sites for hydroxylation is 2. The number of hydrogen-bond donors (Lipinski definition) is 1. The summed E-state index contributed by atoms with van der Waals surface area (Å²) < 4.78 is 2.05. The molecule has 0 aliphatic carbocycles. The Bertz CT molecular complexity index is 673. The zero-order valence-corrected chi connectivity index (χ0v) is 10.5. The van der Waals surface area contributed by atoms with Crippen molar-refractivity contribution in [2.45, 2.75) is 13.8 Å². The molecule has 0 saturated heterocycles. The zero-order valence-electron chi connectivity index (χ0n) is 10.5. The lowest BCUT2D eigenvalue weighted by molar-refractivity contribution is 0.874. The summed E-state index contributed by atoms with van der Waals surface area (Å²) in [5.74, 6) is 0.885. The second kappa shape index (κ2) is 4.18. The van der Waals surface area contributed by atoms with Gasteiger partial charge in [-0.2, -0.15) is 0 Å². The van der Waals surface area contributed by atoms with Crippen molar-refractivity contribution in [3.05, 3.63) is 60.0 Å². The van der Waals surface area contributed by atoms with Crippen molar-refractivity contribution in [1.29, 1.82) is 0 Å². The largest absolute Gasteiger partial charge is 0.277 e. The average Bonchev–Trinajstić information content (AvgIpc) is 2.71. The molecule has 1 N–H and O–H groups in total. The summed E-state index contributed by atoms with van der Waals surface area (Å²) >= 11 is 0. The van der Waals surface area contributed by atoms with Gasteiger partial charge in [-0.3, -0.25) is 10.1 Å². The predicted octanol–water partition coefficient (Wildman–Crippen LogP) is 3.53. The molecule has 0 saturated carbocycles. The van der Waals surface area contributed by atoms with E-state index in [1.807, 2.05) is 24.4 Å². The molecule has 0 radical (unpaired) electrons. The van der Waals surface area contributed by atoms with Crippen LogP contribution in [-0.2, 0) is 0 Å². The average molecular weight is 237 g/mol. The van der Waals surface area contributed by atoms with Gasteiger partial charge in [0, 0.05) is 23.0 Å². The van der Waals surface area contributed by atoms with Crippen LogP contribution in [0.1, 0.15) is 11.4 Å². The van der Waals surface area contributed by atoms with Gasteiger partial charge in [-0.25, -0.2) is 4.98 Å². The SMILES string of the molecule is Cc1ccc(C)n1Nc1nccc2ccccc12. The van der Waals surface area contributed by atoms with Crippen LogP contribution in [0.15, 0.2) is 48.7 Å². The molecule has 0 bridgehead atoms. The third-order valence-electron chi connectivity index (χ3n) is 3.16. The van der Waals surface area contributed by atoms with E-state index in [1.54, 1.807) is 0 Å². The number of fused-ring (bicyclic) bond motifs is 1. The third kappa shape index (κ3) is 1.74. The number of rotatable bonds is 2. The standard InChI is InChI=1S/C15H15N3/c1-11-7-8-12(2)18(11)17-15-14-6-4-3-5-13(14)9-10-16-15/h3-10H,1-2H3,(H,16,17). The highest BCUT2D eigenvalue weighted by atomic mass is 15.4. The Morgan fingerprint density at radius 3 is 2.44 bits per heavy atom. The van der Waals surface area contributed by atoms with Gasteiger partial charge in [0.25, 0.3) is 0 Å². The van der Waals surface area contributed by atoms with Crippen LogP contribution in [-0.4, -0.2) is 9.66 Å². The van der Waals surface area contributed by atoms with E-state index < -0.39 is 0 Å². The number of nitrogens with zero attached hydrogens (tertiary/aromatic N) is 2. The van der Waals surface area contributed by atoms with E-state index in [9.17, 15) is 0 Å². The molecule has 3 rings (SSSR count). The molecule has 0 atom stereocenters. The normalized spacial score (nSPS) is 10.8. The molecule has 3 heteroatoms. The topological polar surface area (TPSA) is 29.9 Å². The molecular weight excluding hydrogens is 222 g/mol. The summed E-state index contributed by atoms with van der Waals surface area (Å²) in [6.45, 7) is 4.15.